The first kappa shape index (κ1) is 26.2. The molecule has 2 amide bonds. The largest absolute Gasteiger partial charge is 0.352 e. The van der Waals surface area contributed by atoms with Crippen molar-refractivity contribution in [3.63, 3.8) is 0 Å². The molecule has 0 aromatic heterocycles. The van der Waals surface area contributed by atoms with Crippen LogP contribution in [0.2, 0.25) is 10.0 Å². The van der Waals surface area contributed by atoms with E-state index in [1.807, 2.05) is 55.5 Å². The van der Waals surface area contributed by atoms with E-state index in [4.69, 9.17) is 23.2 Å². The Morgan fingerprint density at radius 1 is 0.944 bits per heavy atom. The third-order valence-corrected chi connectivity index (χ3v) is 7.35. The van der Waals surface area contributed by atoms with Crippen LogP contribution in [0, 0.1) is 6.92 Å². The normalized spacial score (nSPS) is 14.4. The third-order valence-electron chi connectivity index (χ3n) is 6.76. The first-order valence-electron chi connectivity index (χ1n) is 12.5. The molecule has 4 nitrogen and oxygen atoms in total. The van der Waals surface area contributed by atoms with Gasteiger partial charge in [0.05, 0.1) is 6.42 Å². The van der Waals surface area contributed by atoms with Gasteiger partial charge >= 0.3 is 0 Å². The van der Waals surface area contributed by atoms with Crippen molar-refractivity contribution >= 4 is 35.0 Å². The number of nitrogens with zero attached hydrogens (tertiary/aromatic N) is 1. The van der Waals surface area contributed by atoms with Crippen LogP contribution in [0.5, 0.6) is 0 Å². The molecular weight excluding hydrogens is 491 g/mol. The Morgan fingerprint density at radius 2 is 1.67 bits per heavy atom. The Bertz CT molecular complexity index is 1190. The maximum Gasteiger partial charge on any atom is 0.243 e. The van der Waals surface area contributed by atoms with Crippen molar-refractivity contribution in [2.45, 2.75) is 64.1 Å². The molecule has 0 radical (unpaired) electrons. The number of nitrogens with one attached hydrogen (secondary N) is 1. The molecular formula is C30H32Cl2N2O2. The average molecular weight is 524 g/mol. The number of hydrogen-bond donors (Lipinski definition) is 1. The van der Waals surface area contributed by atoms with Gasteiger partial charge in [0, 0.05) is 29.1 Å². The summed E-state index contributed by atoms with van der Waals surface area (Å²) in [6.45, 7) is 2.36. The number of halogens is 2. The number of aryl methyl sites for hydroxylation is 1. The fraction of sp³-hybridized carbons (Fsp3) is 0.333. The van der Waals surface area contributed by atoms with Gasteiger partial charge in [0.25, 0.3) is 0 Å². The standard InChI is InChI=1S/C30H32Cl2N2O2/c1-21-8-7-11-23(16-21)20-34(29(35)18-24-14-15-25(31)19-27(24)32)28(17-22-9-3-2-4-10-22)30(36)33-26-12-5-6-13-26/h2-4,7-11,14-16,19,26,28H,5-6,12-13,17-18,20H2,1H3,(H,33,36)/t28-/m0/s1. The highest BCUT2D eigenvalue weighted by molar-refractivity contribution is 6.35. The summed E-state index contributed by atoms with van der Waals surface area (Å²) in [7, 11) is 0. The van der Waals surface area contributed by atoms with Crippen molar-refractivity contribution in [2.24, 2.45) is 0 Å². The number of rotatable bonds is 9. The fourth-order valence-electron chi connectivity index (χ4n) is 4.86. The number of carbonyl (C=O) groups is 2. The molecule has 36 heavy (non-hydrogen) atoms. The van der Waals surface area contributed by atoms with Crippen LogP contribution in [0.4, 0.5) is 0 Å². The summed E-state index contributed by atoms with van der Waals surface area (Å²) in [4.78, 5) is 29.3. The van der Waals surface area contributed by atoms with Gasteiger partial charge in [0.2, 0.25) is 11.8 Å². The van der Waals surface area contributed by atoms with E-state index in [-0.39, 0.29) is 24.3 Å². The first-order chi connectivity index (χ1) is 17.4. The van der Waals surface area contributed by atoms with E-state index in [2.05, 4.69) is 11.4 Å². The van der Waals surface area contributed by atoms with Crippen LogP contribution in [0.1, 0.15) is 47.9 Å². The molecule has 1 N–H and O–H groups in total. The zero-order valence-corrected chi connectivity index (χ0v) is 22.1. The van der Waals surface area contributed by atoms with Crippen molar-refractivity contribution in [1.82, 2.24) is 10.2 Å². The minimum Gasteiger partial charge on any atom is -0.352 e. The van der Waals surface area contributed by atoms with E-state index >= 15 is 0 Å². The first-order valence-corrected chi connectivity index (χ1v) is 13.3. The van der Waals surface area contributed by atoms with Crippen LogP contribution in [0.25, 0.3) is 0 Å². The summed E-state index contributed by atoms with van der Waals surface area (Å²) in [5.74, 6) is -0.253. The molecule has 1 fully saturated rings. The van der Waals surface area contributed by atoms with E-state index in [0.29, 0.717) is 28.6 Å². The highest BCUT2D eigenvalue weighted by Gasteiger charge is 2.32. The molecule has 0 aliphatic heterocycles. The second kappa shape index (κ2) is 12.4. The second-order valence-electron chi connectivity index (χ2n) is 9.62. The lowest BCUT2D eigenvalue weighted by atomic mass is 10.0. The lowest BCUT2D eigenvalue weighted by molar-refractivity contribution is -0.141. The monoisotopic (exact) mass is 522 g/mol. The molecule has 1 atom stereocenters. The van der Waals surface area contributed by atoms with Crippen LogP contribution in [0.3, 0.4) is 0 Å². The molecule has 1 aliphatic rings. The maximum absolute atomic E-state index is 13.9. The van der Waals surface area contributed by atoms with Gasteiger partial charge in [-0.15, -0.1) is 0 Å². The predicted molar refractivity (Wildman–Crippen MR) is 146 cm³/mol. The average Bonchev–Trinajstić information content (AvgIpc) is 3.36. The lowest BCUT2D eigenvalue weighted by Crippen LogP contribution is -2.52. The summed E-state index contributed by atoms with van der Waals surface area (Å²) in [6.07, 6.45) is 4.73. The lowest BCUT2D eigenvalue weighted by Gasteiger charge is -2.32. The third kappa shape index (κ3) is 7.11. The van der Waals surface area contributed by atoms with E-state index in [1.165, 1.54) is 0 Å². The Morgan fingerprint density at radius 3 is 2.36 bits per heavy atom. The minimum absolute atomic E-state index is 0.0871. The van der Waals surface area contributed by atoms with Gasteiger partial charge in [-0.3, -0.25) is 9.59 Å². The quantitative estimate of drug-likeness (QED) is 0.346. The topological polar surface area (TPSA) is 49.4 Å². The SMILES string of the molecule is Cc1cccc(CN(C(=O)Cc2ccc(Cl)cc2Cl)[C@@H](Cc2ccccc2)C(=O)NC2CCCC2)c1. The van der Waals surface area contributed by atoms with Gasteiger partial charge in [0.15, 0.2) is 0 Å². The summed E-state index contributed by atoms with van der Waals surface area (Å²) in [5.41, 5.74) is 3.79. The van der Waals surface area contributed by atoms with Crippen LogP contribution in [-0.2, 0) is 29.0 Å². The molecule has 4 rings (SSSR count). The van der Waals surface area contributed by atoms with E-state index in [0.717, 1.165) is 42.4 Å². The second-order valence-corrected chi connectivity index (χ2v) is 10.5. The van der Waals surface area contributed by atoms with E-state index < -0.39 is 6.04 Å². The molecule has 3 aromatic rings. The molecule has 0 unspecified atom stereocenters. The van der Waals surface area contributed by atoms with Crippen LogP contribution in [-0.4, -0.2) is 28.8 Å². The van der Waals surface area contributed by atoms with Crippen LogP contribution < -0.4 is 5.32 Å². The molecule has 1 saturated carbocycles. The molecule has 0 saturated heterocycles. The number of benzene rings is 3. The van der Waals surface area contributed by atoms with Crippen molar-refractivity contribution in [3.8, 4) is 0 Å². The van der Waals surface area contributed by atoms with Crippen molar-refractivity contribution in [1.29, 1.82) is 0 Å². The molecule has 188 valence electrons. The van der Waals surface area contributed by atoms with Crippen LogP contribution >= 0.6 is 23.2 Å². The molecule has 0 heterocycles. The van der Waals surface area contributed by atoms with E-state index in [9.17, 15) is 9.59 Å². The number of hydrogen-bond acceptors (Lipinski definition) is 2. The van der Waals surface area contributed by atoms with Gasteiger partial charge in [-0.25, -0.2) is 0 Å². The molecule has 1 aliphatic carbocycles. The van der Waals surface area contributed by atoms with Gasteiger partial charge in [-0.2, -0.15) is 0 Å². The molecule has 6 heteroatoms. The molecule has 0 spiro atoms. The summed E-state index contributed by atoms with van der Waals surface area (Å²) < 4.78 is 0. The van der Waals surface area contributed by atoms with Gasteiger partial charge in [-0.05, 0) is 48.6 Å². The maximum atomic E-state index is 13.9. The number of carbonyl (C=O) groups excluding carboxylic acids is 2. The number of amides is 2. The summed E-state index contributed by atoms with van der Waals surface area (Å²) in [5, 5.41) is 4.20. The molecule has 3 aromatic carbocycles. The van der Waals surface area contributed by atoms with Gasteiger partial charge < -0.3 is 10.2 Å². The molecule has 0 bridgehead atoms. The Hall–Kier alpha value is -2.82. The zero-order chi connectivity index (χ0) is 25.5. The predicted octanol–water partition coefficient (Wildman–Crippen LogP) is 6.54. The van der Waals surface area contributed by atoms with Crippen molar-refractivity contribution in [2.75, 3.05) is 0 Å². The highest BCUT2D eigenvalue weighted by Crippen LogP contribution is 2.24. The Labute approximate surface area is 223 Å². The van der Waals surface area contributed by atoms with Gasteiger partial charge in [-0.1, -0.05) is 102 Å². The zero-order valence-electron chi connectivity index (χ0n) is 20.6. The summed E-state index contributed by atoms with van der Waals surface area (Å²) in [6, 6.07) is 22.6. The fourth-order valence-corrected chi connectivity index (χ4v) is 5.33. The van der Waals surface area contributed by atoms with Gasteiger partial charge in [0.1, 0.15) is 6.04 Å². The van der Waals surface area contributed by atoms with Crippen molar-refractivity contribution < 1.29 is 9.59 Å². The Kier molecular flexibility index (Phi) is 9.06. The smallest absolute Gasteiger partial charge is 0.243 e. The highest BCUT2D eigenvalue weighted by atomic mass is 35.5. The van der Waals surface area contributed by atoms with Crippen molar-refractivity contribution in [3.05, 3.63) is 105 Å². The summed E-state index contributed by atoms with van der Waals surface area (Å²) >= 11 is 12.5. The Balaban J connectivity index is 1.67. The minimum atomic E-state index is -0.646. The van der Waals surface area contributed by atoms with Crippen LogP contribution in [0.15, 0.2) is 72.8 Å². The van der Waals surface area contributed by atoms with E-state index in [1.54, 1.807) is 23.1 Å².